The number of benzene rings is 1. The highest BCUT2D eigenvalue weighted by Crippen LogP contribution is 2.25. The number of methoxy groups -OCH3 is 2. The first kappa shape index (κ1) is 16.3. The van der Waals surface area contributed by atoms with Crippen LogP contribution in [0, 0.1) is 0 Å². The molecule has 0 heterocycles. The highest BCUT2D eigenvalue weighted by Gasteiger charge is 2.15. The van der Waals surface area contributed by atoms with Gasteiger partial charge in [-0.15, -0.1) is 0 Å². The molecule has 0 aliphatic heterocycles. The predicted molar refractivity (Wildman–Crippen MR) is 80.4 cm³/mol. The minimum atomic E-state index is 0.143. The van der Waals surface area contributed by atoms with Crippen LogP contribution < -0.4 is 9.47 Å². The summed E-state index contributed by atoms with van der Waals surface area (Å²) in [6.45, 7) is 5.71. The molecular weight excluding hydrogens is 254 g/mol. The normalized spacial score (nSPS) is 10.2. The number of hydrogen-bond donors (Lipinski definition) is 0. The number of carbonyl (C=O) groups is 1. The monoisotopic (exact) mass is 279 g/mol. The van der Waals surface area contributed by atoms with Gasteiger partial charge in [0, 0.05) is 24.7 Å². The van der Waals surface area contributed by atoms with Crippen molar-refractivity contribution in [1.29, 1.82) is 0 Å². The first-order valence-corrected chi connectivity index (χ1v) is 7.14. The Kier molecular flexibility index (Phi) is 6.91. The number of likely N-dealkylation sites (N-methyl/N-ethyl adjacent to an activating group) is 1. The molecule has 0 radical (unpaired) electrons. The summed E-state index contributed by atoms with van der Waals surface area (Å²) in [6.07, 6.45) is 2.50. The fraction of sp³-hybridized carbons (Fsp3) is 0.562. The van der Waals surface area contributed by atoms with Crippen LogP contribution >= 0.6 is 0 Å². The van der Waals surface area contributed by atoms with Crippen LogP contribution in [0.4, 0.5) is 0 Å². The molecule has 1 aromatic carbocycles. The lowest BCUT2D eigenvalue weighted by atomic mass is 10.1. The maximum Gasteiger partial charge on any atom is 0.227 e. The Morgan fingerprint density at radius 3 is 2.50 bits per heavy atom. The summed E-state index contributed by atoms with van der Waals surface area (Å²) in [4.78, 5) is 14.2. The number of ether oxygens (including phenoxy) is 2. The van der Waals surface area contributed by atoms with Gasteiger partial charge in [-0.2, -0.15) is 0 Å². The van der Waals surface area contributed by atoms with Crippen LogP contribution in [0.3, 0.4) is 0 Å². The Bertz CT molecular complexity index is 432. The van der Waals surface area contributed by atoms with E-state index < -0.39 is 0 Å². The van der Waals surface area contributed by atoms with Gasteiger partial charge in [-0.25, -0.2) is 0 Å². The zero-order chi connectivity index (χ0) is 15.0. The van der Waals surface area contributed by atoms with Gasteiger partial charge in [0.15, 0.2) is 0 Å². The number of nitrogens with zero attached hydrogens (tertiary/aromatic N) is 1. The fourth-order valence-corrected chi connectivity index (χ4v) is 2.08. The van der Waals surface area contributed by atoms with Crippen molar-refractivity contribution in [1.82, 2.24) is 4.90 Å². The minimum absolute atomic E-state index is 0.143. The first-order chi connectivity index (χ1) is 9.65. The van der Waals surface area contributed by atoms with Crippen molar-refractivity contribution in [2.75, 3.05) is 27.3 Å². The summed E-state index contributed by atoms with van der Waals surface area (Å²) in [6, 6.07) is 5.56. The lowest BCUT2D eigenvalue weighted by Gasteiger charge is -2.21. The second-order valence-corrected chi connectivity index (χ2v) is 4.68. The number of hydrogen-bond acceptors (Lipinski definition) is 3. The van der Waals surface area contributed by atoms with E-state index in [4.69, 9.17) is 9.47 Å². The van der Waals surface area contributed by atoms with Crippen LogP contribution in [0.15, 0.2) is 18.2 Å². The summed E-state index contributed by atoms with van der Waals surface area (Å²) in [7, 11) is 3.22. The van der Waals surface area contributed by atoms with Crippen LogP contribution in [0.25, 0.3) is 0 Å². The van der Waals surface area contributed by atoms with E-state index in [9.17, 15) is 4.79 Å². The first-order valence-electron chi connectivity index (χ1n) is 7.14. The maximum atomic E-state index is 12.3. The van der Waals surface area contributed by atoms with E-state index >= 15 is 0 Å². The lowest BCUT2D eigenvalue weighted by molar-refractivity contribution is -0.130. The van der Waals surface area contributed by atoms with Crippen LogP contribution in [-0.4, -0.2) is 38.1 Å². The van der Waals surface area contributed by atoms with E-state index in [0.29, 0.717) is 12.2 Å². The molecular formula is C16H25NO3. The minimum Gasteiger partial charge on any atom is -0.497 e. The molecule has 0 N–H and O–H groups in total. The second kappa shape index (κ2) is 8.46. The van der Waals surface area contributed by atoms with Crippen LogP contribution in [0.5, 0.6) is 11.5 Å². The largest absolute Gasteiger partial charge is 0.497 e. The van der Waals surface area contributed by atoms with Crippen molar-refractivity contribution in [3.63, 3.8) is 0 Å². The van der Waals surface area contributed by atoms with E-state index in [1.165, 1.54) is 0 Å². The Morgan fingerprint density at radius 1 is 1.20 bits per heavy atom. The molecule has 0 saturated carbocycles. The highest BCUT2D eigenvalue weighted by atomic mass is 16.5. The molecule has 1 rings (SSSR count). The molecule has 0 saturated heterocycles. The molecule has 0 spiro atoms. The number of carbonyl (C=O) groups excluding carboxylic acids is 1. The van der Waals surface area contributed by atoms with E-state index in [1.54, 1.807) is 14.2 Å². The molecule has 0 bridgehead atoms. The molecule has 0 fully saturated rings. The van der Waals surface area contributed by atoms with Crippen LogP contribution in [0.1, 0.15) is 32.3 Å². The van der Waals surface area contributed by atoms with E-state index in [2.05, 4.69) is 6.92 Å². The van der Waals surface area contributed by atoms with Crippen LogP contribution in [0.2, 0.25) is 0 Å². The van der Waals surface area contributed by atoms with Gasteiger partial charge in [-0.3, -0.25) is 4.79 Å². The molecule has 4 nitrogen and oxygen atoms in total. The van der Waals surface area contributed by atoms with Gasteiger partial charge >= 0.3 is 0 Å². The Hall–Kier alpha value is -1.71. The Balaban J connectivity index is 2.78. The van der Waals surface area contributed by atoms with Gasteiger partial charge in [-0.1, -0.05) is 19.4 Å². The molecule has 4 heteroatoms. The highest BCUT2D eigenvalue weighted by molar-refractivity contribution is 5.79. The van der Waals surface area contributed by atoms with Crippen molar-refractivity contribution >= 4 is 5.91 Å². The van der Waals surface area contributed by atoms with Crippen molar-refractivity contribution < 1.29 is 14.3 Å². The van der Waals surface area contributed by atoms with Crippen molar-refractivity contribution in [3.05, 3.63) is 23.8 Å². The molecule has 112 valence electrons. The molecule has 1 aromatic rings. The summed E-state index contributed by atoms with van der Waals surface area (Å²) < 4.78 is 10.5. The van der Waals surface area contributed by atoms with Gasteiger partial charge in [0.05, 0.1) is 20.6 Å². The molecule has 20 heavy (non-hydrogen) atoms. The summed E-state index contributed by atoms with van der Waals surface area (Å²) in [5.41, 5.74) is 0.897. The van der Waals surface area contributed by atoms with Gasteiger partial charge in [0.2, 0.25) is 5.91 Å². The quantitative estimate of drug-likeness (QED) is 0.734. The summed E-state index contributed by atoms with van der Waals surface area (Å²) in [5.74, 6) is 1.57. The number of amides is 1. The average Bonchev–Trinajstić information content (AvgIpc) is 2.48. The van der Waals surface area contributed by atoms with Crippen molar-refractivity contribution in [3.8, 4) is 11.5 Å². The average molecular weight is 279 g/mol. The van der Waals surface area contributed by atoms with Crippen molar-refractivity contribution in [2.45, 2.75) is 33.1 Å². The zero-order valence-electron chi connectivity index (χ0n) is 12.9. The van der Waals surface area contributed by atoms with Gasteiger partial charge in [0.1, 0.15) is 11.5 Å². The number of rotatable bonds is 8. The third kappa shape index (κ3) is 4.44. The third-order valence-corrected chi connectivity index (χ3v) is 3.35. The molecule has 0 aromatic heterocycles. The van der Waals surface area contributed by atoms with E-state index in [-0.39, 0.29) is 5.91 Å². The fourth-order valence-electron chi connectivity index (χ4n) is 2.08. The topological polar surface area (TPSA) is 38.8 Å². The molecule has 0 atom stereocenters. The zero-order valence-corrected chi connectivity index (χ0v) is 12.9. The van der Waals surface area contributed by atoms with Gasteiger partial charge in [-0.05, 0) is 19.4 Å². The summed E-state index contributed by atoms with van der Waals surface area (Å²) >= 11 is 0. The molecule has 1 amide bonds. The summed E-state index contributed by atoms with van der Waals surface area (Å²) in [5, 5.41) is 0. The standard InChI is InChI=1S/C16H25NO3/c1-5-7-10-17(6-2)16(18)11-13-8-9-14(19-3)12-15(13)20-4/h8-9,12H,5-7,10-11H2,1-4H3. The Morgan fingerprint density at radius 2 is 1.95 bits per heavy atom. The lowest BCUT2D eigenvalue weighted by Crippen LogP contribution is -2.33. The van der Waals surface area contributed by atoms with Gasteiger partial charge in [0.25, 0.3) is 0 Å². The third-order valence-electron chi connectivity index (χ3n) is 3.35. The Labute approximate surface area is 121 Å². The second-order valence-electron chi connectivity index (χ2n) is 4.68. The predicted octanol–water partition coefficient (Wildman–Crippen LogP) is 2.89. The van der Waals surface area contributed by atoms with E-state index in [1.807, 2.05) is 30.0 Å². The van der Waals surface area contributed by atoms with Crippen LogP contribution in [-0.2, 0) is 11.2 Å². The molecule has 0 aliphatic carbocycles. The molecule has 0 aliphatic rings. The van der Waals surface area contributed by atoms with Gasteiger partial charge < -0.3 is 14.4 Å². The number of unbranched alkanes of at least 4 members (excludes halogenated alkanes) is 1. The smallest absolute Gasteiger partial charge is 0.227 e. The van der Waals surface area contributed by atoms with Crippen molar-refractivity contribution in [2.24, 2.45) is 0 Å². The maximum absolute atomic E-state index is 12.3. The molecule has 0 unspecified atom stereocenters. The SMILES string of the molecule is CCCCN(CC)C(=O)Cc1ccc(OC)cc1OC. The van der Waals surface area contributed by atoms with E-state index in [0.717, 1.165) is 37.2 Å².